The van der Waals surface area contributed by atoms with Crippen LogP contribution in [0.2, 0.25) is 5.02 Å². The van der Waals surface area contributed by atoms with Crippen LogP contribution in [0.1, 0.15) is 50.7 Å². The minimum Gasteiger partial charge on any atom is -0.511 e. The van der Waals surface area contributed by atoms with Gasteiger partial charge in [0.05, 0.1) is 0 Å². The molecule has 2 aliphatic rings. The van der Waals surface area contributed by atoms with Gasteiger partial charge in [0.25, 0.3) is 0 Å². The van der Waals surface area contributed by atoms with Gasteiger partial charge in [-0.25, -0.2) is 0 Å². The number of hydrogen-bond acceptors (Lipinski definition) is 3. The summed E-state index contributed by atoms with van der Waals surface area (Å²) in [6, 6.07) is 5.77. The van der Waals surface area contributed by atoms with Gasteiger partial charge in [0.15, 0.2) is 5.78 Å². The zero-order chi connectivity index (χ0) is 17.8. The first-order valence-electron chi connectivity index (χ1n) is 8.26. The molecule has 3 rings (SSSR count). The average molecular weight is 347 g/mol. The van der Waals surface area contributed by atoms with Gasteiger partial charge in [-0.05, 0) is 55.9 Å². The maximum absolute atomic E-state index is 12.9. The molecule has 128 valence electrons. The predicted octanol–water partition coefficient (Wildman–Crippen LogP) is 5.40. The lowest BCUT2D eigenvalue weighted by molar-refractivity contribution is -0.117. The molecule has 2 unspecified atom stereocenters. The van der Waals surface area contributed by atoms with Crippen molar-refractivity contribution in [3.8, 4) is 0 Å². The Bertz CT molecular complexity index is 786. The Morgan fingerprint density at radius 2 is 1.92 bits per heavy atom. The lowest BCUT2D eigenvalue weighted by Gasteiger charge is -2.31. The van der Waals surface area contributed by atoms with Crippen molar-refractivity contribution in [1.29, 1.82) is 0 Å². The highest BCUT2D eigenvalue weighted by atomic mass is 35.5. The number of benzene rings is 1. The molecule has 24 heavy (non-hydrogen) atoms. The molecule has 1 aromatic carbocycles. The van der Waals surface area contributed by atoms with Crippen molar-refractivity contribution < 1.29 is 15.0 Å². The standard InChI is InChI=1S/C20H23ClO3/c1-10-7-12(21)5-6-13(10)14-8-15(14)18(23)16-9-20(3,4)19(24)11(2)17(16)22/h5-7,14-15,22,24H,8-9H2,1-4H3. The summed E-state index contributed by atoms with van der Waals surface area (Å²) in [6.45, 7) is 7.44. The second kappa shape index (κ2) is 5.66. The van der Waals surface area contributed by atoms with E-state index in [9.17, 15) is 15.0 Å². The van der Waals surface area contributed by atoms with Crippen LogP contribution in [0.4, 0.5) is 0 Å². The van der Waals surface area contributed by atoms with Crippen molar-refractivity contribution in [2.45, 2.75) is 46.5 Å². The van der Waals surface area contributed by atoms with Crippen LogP contribution in [0.3, 0.4) is 0 Å². The van der Waals surface area contributed by atoms with Crippen LogP contribution < -0.4 is 0 Å². The number of halogens is 1. The lowest BCUT2D eigenvalue weighted by Crippen LogP contribution is -2.26. The molecule has 2 aliphatic carbocycles. The zero-order valence-electron chi connectivity index (χ0n) is 14.5. The summed E-state index contributed by atoms with van der Waals surface area (Å²) >= 11 is 6.01. The molecule has 2 N–H and O–H groups in total. The number of aliphatic hydroxyl groups excluding tert-OH is 2. The predicted molar refractivity (Wildman–Crippen MR) is 95.4 cm³/mol. The first-order chi connectivity index (χ1) is 11.1. The first kappa shape index (κ1) is 17.1. The SMILES string of the molecule is CC1=C(O)C(C)(C)CC(C(=O)C2CC2c2ccc(Cl)cc2C)=C1O. The van der Waals surface area contributed by atoms with Gasteiger partial charge in [-0.1, -0.05) is 31.5 Å². The van der Waals surface area contributed by atoms with Gasteiger partial charge in [0, 0.05) is 27.5 Å². The molecular formula is C20H23ClO3. The van der Waals surface area contributed by atoms with Crippen LogP contribution in [0.15, 0.2) is 40.9 Å². The fraction of sp³-hybridized carbons (Fsp3) is 0.450. The van der Waals surface area contributed by atoms with Gasteiger partial charge in [-0.15, -0.1) is 0 Å². The molecule has 0 radical (unpaired) electrons. The van der Waals surface area contributed by atoms with E-state index in [1.807, 2.05) is 39.0 Å². The average Bonchev–Trinajstić information content (AvgIpc) is 3.29. The normalized spacial score (nSPS) is 25.9. The Balaban J connectivity index is 1.86. The highest BCUT2D eigenvalue weighted by molar-refractivity contribution is 6.30. The summed E-state index contributed by atoms with van der Waals surface area (Å²) in [6.07, 6.45) is 1.16. The summed E-state index contributed by atoms with van der Waals surface area (Å²) < 4.78 is 0. The lowest BCUT2D eigenvalue weighted by atomic mass is 9.75. The Morgan fingerprint density at radius 3 is 2.54 bits per heavy atom. The van der Waals surface area contributed by atoms with Crippen molar-refractivity contribution in [2.75, 3.05) is 0 Å². The van der Waals surface area contributed by atoms with Crippen LogP contribution in [0.25, 0.3) is 0 Å². The van der Waals surface area contributed by atoms with Crippen molar-refractivity contribution in [3.05, 3.63) is 57.0 Å². The van der Waals surface area contributed by atoms with E-state index in [0.717, 1.165) is 17.5 Å². The van der Waals surface area contributed by atoms with Gasteiger partial charge in [-0.3, -0.25) is 4.79 Å². The van der Waals surface area contributed by atoms with Gasteiger partial charge in [0.1, 0.15) is 11.5 Å². The van der Waals surface area contributed by atoms with Crippen molar-refractivity contribution >= 4 is 17.4 Å². The minimum absolute atomic E-state index is 0.00627. The second-order valence-electron chi connectivity index (χ2n) is 7.68. The smallest absolute Gasteiger partial charge is 0.166 e. The Labute approximate surface area is 147 Å². The molecule has 1 fully saturated rings. The maximum Gasteiger partial charge on any atom is 0.166 e. The summed E-state index contributed by atoms with van der Waals surface area (Å²) in [4.78, 5) is 12.9. The van der Waals surface area contributed by atoms with E-state index < -0.39 is 5.41 Å². The number of ketones is 1. The number of Topliss-reactive ketones (excluding diaryl/α,β-unsaturated/α-hetero) is 1. The van der Waals surface area contributed by atoms with Crippen LogP contribution in [0.5, 0.6) is 0 Å². The fourth-order valence-electron chi connectivity index (χ4n) is 3.77. The minimum atomic E-state index is -0.526. The summed E-state index contributed by atoms with van der Waals surface area (Å²) in [5, 5.41) is 21.2. The molecule has 2 atom stereocenters. The number of hydrogen-bond donors (Lipinski definition) is 2. The highest BCUT2D eigenvalue weighted by Gasteiger charge is 2.48. The Kier molecular flexibility index (Phi) is 4.03. The second-order valence-corrected chi connectivity index (χ2v) is 8.11. The number of allylic oxidation sites excluding steroid dienone is 3. The van der Waals surface area contributed by atoms with E-state index in [-0.39, 0.29) is 29.1 Å². The molecular weight excluding hydrogens is 324 g/mol. The van der Waals surface area contributed by atoms with Gasteiger partial charge >= 0.3 is 0 Å². The molecule has 0 saturated heterocycles. The zero-order valence-corrected chi connectivity index (χ0v) is 15.2. The molecule has 0 aromatic heterocycles. The largest absolute Gasteiger partial charge is 0.511 e. The molecule has 4 heteroatoms. The van der Waals surface area contributed by atoms with Gasteiger partial charge in [0.2, 0.25) is 0 Å². The molecule has 0 spiro atoms. The molecule has 3 nitrogen and oxygen atoms in total. The maximum atomic E-state index is 12.9. The van der Waals surface area contributed by atoms with E-state index in [4.69, 9.17) is 11.6 Å². The Morgan fingerprint density at radius 1 is 1.25 bits per heavy atom. The number of rotatable bonds is 3. The monoisotopic (exact) mass is 346 g/mol. The van der Waals surface area contributed by atoms with Gasteiger partial charge in [-0.2, -0.15) is 0 Å². The van der Waals surface area contributed by atoms with Crippen molar-refractivity contribution in [1.82, 2.24) is 0 Å². The van der Waals surface area contributed by atoms with Gasteiger partial charge < -0.3 is 10.2 Å². The molecule has 1 aromatic rings. The van der Waals surface area contributed by atoms with E-state index in [2.05, 4.69) is 0 Å². The fourth-order valence-corrected chi connectivity index (χ4v) is 3.99. The number of aryl methyl sites for hydroxylation is 1. The summed E-state index contributed by atoms with van der Waals surface area (Å²) in [5.41, 5.74) is 2.59. The van der Waals surface area contributed by atoms with Crippen molar-refractivity contribution in [3.63, 3.8) is 0 Å². The molecule has 0 heterocycles. The van der Waals surface area contributed by atoms with Crippen LogP contribution >= 0.6 is 11.6 Å². The van der Waals surface area contributed by atoms with Crippen LogP contribution in [-0.4, -0.2) is 16.0 Å². The third-order valence-electron chi connectivity index (χ3n) is 5.31. The van der Waals surface area contributed by atoms with Crippen molar-refractivity contribution in [2.24, 2.45) is 11.3 Å². The van der Waals surface area contributed by atoms with Crippen LogP contribution in [-0.2, 0) is 4.79 Å². The summed E-state index contributed by atoms with van der Waals surface area (Å²) in [7, 11) is 0. The first-order valence-corrected chi connectivity index (χ1v) is 8.64. The van der Waals surface area contributed by atoms with E-state index in [0.29, 0.717) is 22.6 Å². The third-order valence-corrected chi connectivity index (χ3v) is 5.55. The number of aliphatic hydroxyl groups is 2. The number of carbonyl (C=O) groups excluding carboxylic acids is 1. The van der Waals surface area contributed by atoms with E-state index >= 15 is 0 Å². The Hall–Kier alpha value is -1.74. The van der Waals surface area contributed by atoms with E-state index in [1.165, 1.54) is 0 Å². The number of carbonyl (C=O) groups is 1. The molecule has 0 amide bonds. The molecule has 0 bridgehead atoms. The summed E-state index contributed by atoms with van der Waals surface area (Å²) in [5.74, 6) is 0.225. The van der Waals surface area contributed by atoms with Crippen LogP contribution in [0, 0.1) is 18.3 Å². The van der Waals surface area contributed by atoms with E-state index in [1.54, 1.807) is 6.92 Å². The third kappa shape index (κ3) is 2.75. The quantitative estimate of drug-likeness (QED) is 0.770. The topological polar surface area (TPSA) is 57.5 Å². The molecule has 0 aliphatic heterocycles. The highest BCUT2D eigenvalue weighted by Crippen LogP contribution is 2.52. The molecule has 1 saturated carbocycles.